The Labute approximate surface area is 135 Å². The molecule has 4 nitrogen and oxygen atoms in total. The molecule has 0 radical (unpaired) electrons. The molecule has 1 aromatic heterocycles. The third-order valence-corrected chi connectivity index (χ3v) is 6.36. The summed E-state index contributed by atoms with van der Waals surface area (Å²) in [5.74, 6) is 0. The normalized spacial score (nSPS) is 19.5. The van der Waals surface area contributed by atoms with Gasteiger partial charge < -0.3 is 0 Å². The first-order valence-corrected chi connectivity index (χ1v) is 9.00. The zero-order chi connectivity index (χ0) is 15.7. The highest BCUT2D eigenvalue weighted by atomic mass is 35.5. The van der Waals surface area contributed by atoms with Gasteiger partial charge in [-0.3, -0.25) is 4.98 Å². The molecule has 1 fully saturated rings. The third kappa shape index (κ3) is 2.76. The monoisotopic (exact) mass is 336 g/mol. The molecule has 0 amide bonds. The maximum atomic E-state index is 12.9. The lowest BCUT2D eigenvalue weighted by Gasteiger charge is -2.24. The molecule has 0 saturated carbocycles. The van der Waals surface area contributed by atoms with E-state index in [9.17, 15) is 8.42 Å². The van der Waals surface area contributed by atoms with Crippen molar-refractivity contribution in [3.8, 4) is 0 Å². The van der Waals surface area contributed by atoms with Crippen LogP contribution >= 0.6 is 11.6 Å². The molecule has 0 N–H and O–H groups in total. The lowest BCUT2D eigenvalue weighted by molar-refractivity contribution is 0.396. The second-order valence-electron chi connectivity index (χ2n) is 5.47. The second kappa shape index (κ2) is 5.99. The zero-order valence-corrected chi connectivity index (χ0v) is 13.8. The Morgan fingerprint density at radius 3 is 2.64 bits per heavy atom. The van der Waals surface area contributed by atoms with Gasteiger partial charge in [0.1, 0.15) is 0 Å². The molecule has 0 spiro atoms. The van der Waals surface area contributed by atoms with Crippen molar-refractivity contribution >= 4 is 21.6 Å². The first kappa shape index (κ1) is 15.5. The van der Waals surface area contributed by atoms with Crippen molar-refractivity contribution < 1.29 is 8.42 Å². The quantitative estimate of drug-likeness (QED) is 0.861. The molecule has 0 bridgehead atoms. The predicted octanol–water partition coefficient (Wildman–Crippen LogP) is 3.57. The minimum absolute atomic E-state index is 0.131. The molecule has 1 aliphatic heterocycles. The minimum Gasteiger partial charge on any atom is -0.265 e. The summed E-state index contributed by atoms with van der Waals surface area (Å²) in [5.41, 5.74) is 1.85. The Balaban J connectivity index is 1.99. The van der Waals surface area contributed by atoms with Crippen molar-refractivity contribution in [1.29, 1.82) is 0 Å². The van der Waals surface area contributed by atoms with E-state index in [0.717, 1.165) is 24.0 Å². The summed E-state index contributed by atoms with van der Waals surface area (Å²) in [7, 11) is -3.55. The van der Waals surface area contributed by atoms with E-state index < -0.39 is 10.0 Å². The van der Waals surface area contributed by atoms with Gasteiger partial charge in [-0.2, -0.15) is 4.31 Å². The van der Waals surface area contributed by atoms with E-state index in [1.54, 1.807) is 28.8 Å². The highest BCUT2D eigenvalue weighted by Gasteiger charge is 2.36. The molecule has 2 aromatic rings. The van der Waals surface area contributed by atoms with Crippen molar-refractivity contribution in [3.05, 3.63) is 58.9 Å². The average molecular weight is 337 g/mol. The van der Waals surface area contributed by atoms with Gasteiger partial charge in [-0.1, -0.05) is 17.7 Å². The summed E-state index contributed by atoms with van der Waals surface area (Å²) in [6.07, 6.45) is 5.07. The maximum absolute atomic E-state index is 12.9. The van der Waals surface area contributed by atoms with Gasteiger partial charge in [-0.05, 0) is 55.2 Å². The van der Waals surface area contributed by atoms with E-state index in [-0.39, 0.29) is 10.9 Å². The Morgan fingerprint density at radius 2 is 1.95 bits per heavy atom. The average Bonchev–Trinajstić information content (AvgIpc) is 3.01. The van der Waals surface area contributed by atoms with Gasteiger partial charge in [0.15, 0.2) is 0 Å². The smallest absolute Gasteiger partial charge is 0.243 e. The fourth-order valence-corrected chi connectivity index (χ4v) is 4.77. The molecule has 22 heavy (non-hydrogen) atoms. The van der Waals surface area contributed by atoms with Crippen LogP contribution in [0.5, 0.6) is 0 Å². The highest BCUT2D eigenvalue weighted by Crippen LogP contribution is 2.36. The summed E-state index contributed by atoms with van der Waals surface area (Å²) in [6, 6.07) is 8.52. The van der Waals surface area contributed by atoms with Crippen LogP contribution in [-0.4, -0.2) is 24.3 Å². The van der Waals surface area contributed by atoms with Crippen LogP contribution in [0.3, 0.4) is 0 Å². The molecule has 1 unspecified atom stereocenters. The largest absolute Gasteiger partial charge is 0.265 e. The number of rotatable bonds is 3. The first-order chi connectivity index (χ1) is 10.5. The molecule has 6 heteroatoms. The molecular weight excluding hydrogens is 320 g/mol. The van der Waals surface area contributed by atoms with Crippen LogP contribution in [0.25, 0.3) is 0 Å². The topological polar surface area (TPSA) is 50.3 Å². The van der Waals surface area contributed by atoms with Crippen molar-refractivity contribution in [2.24, 2.45) is 0 Å². The molecule has 1 atom stereocenters. The van der Waals surface area contributed by atoms with Gasteiger partial charge in [0.25, 0.3) is 0 Å². The van der Waals surface area contributed by atoms with Gasteiger partial charge in [0.2, 0.25) is 10.0 Å². The molecular formula is C16H17ClN2O2S. The predicted molar refractivity (Wildman–Crippen MR) is 86.3 cm³/mol. The second-order valence-corrected chi connectivity index (χ2v) is 7.76. The number of nitrogens with zero attached hydrogens (tertiary/aromatic N) is 2. The van der Waals surface area contributed by atoms with Crippen LogP contribution in [0.4, 0.5) is 0 Å². The van der Waals surface area contributed by atoms with Crippen LogP contribution in [0, 0.1) is 6.92 Å². The number of halogens is 1. The summed E-state index contributed by atoms with van der Waals surface area (Å²) in [4.78, 5) is 4.25. The molecule has 3 rings (SSSR count). The number of benzene rings is 1. The summed E-state index contributed by atoms with van der Waals surface area (Å²) in [5, 5.41) is 0.473. The Bertz CT molecular complexity index is 778. The Hall–Kier alpha value is -1.43. The maximum Gasteiger partial charge on any atom is 0.243 e. The number of hydrogen-bond acceptors (Lipinski definition) is 3. The first-order valence-electron chi connectivity index (χ1n) is 7.18. The van der Waals surface area contributed by atoms with Crippen molar-refractivity contribution in [2.45, 2.75) is 30.7 Å². The van der Waals surface area contributed by atoms with Crippen molar-refractivity contribution in [3.63, 3.8) is 0 Å². The van der Waals surface area contributed by atoms with Crippen LogP contribution in [0.1, 0.15) is 30.0 Å². The summed E-state index contributed by atoms with van der Waals surface area (Å²) >= 11 is 6.09. The summed E-state index contributed by atoms with van der Waals surface area (Å²) < 4.78 is 27.4. The fourth-order valence-electron chi connectivity index (χ4n) is 2.82. The van der Waals surface area contributed by atoms with E-state index in [0.29, 0.717) is 11.6 Å². The van der Waals surface area contributed by atoms with Crippen LogP contribution in [0.15, 0.2) is 47.6 Å². The van der Waals surface area contributed by atoms with E-state index in [4.69, 9.17) is 11.6 Å². The molecule has 1 aromatic carbocycles. The highest BCUT2D eigenvalue weighted by molar-refractivity contribution is 7.89. The molecule has 2 heterocycles. The summed E-state index contributed by atoms with van der Waals surface area (Å²) in [6.45, 7) is 2.38. The lowest BCUT2D eigenvalue weighted by Crippen LogP contribution is -2.30. The molecule has 1 aliphatic rings. The van der Waals surface area contributed by atoms with E-state index in [2.05, 4.69) is 4.98 Å². The van der Waals surface area contributed by atoms with Crippen LogP contribution in [-0.2, 0) is 10.0 Å². The molecule has 0 aliphatic carbocycles. The van der Waals surface area contributed by atoms with E-state index >= 15 is 0 Å². The van der Waals surface area contributed by atoms with Gasteiger partial charge >= 0.3 is 0 Å². The number of hydrogen-bond donors (Lipinski definition) is 0. The van der Waals surface area contributed by atoms with Gasteiger partial charge in [0, 0.05) is 24.0 Å². The molecule has 116 valence electrons. The van der Waals surface area contributed by atoms with E-state index in [1.807, 2.05) is 19.1 Å². The third-order valence-electron chi connectivity index (χ3n) is 4.04. The van der Waals surface area contributed by atoms with Crippen molar-refractivity contribution in [1.82, 2.24) is 9.29 Å². The number of aromatic nitrogens is 1. The Morgan fingerprint density at radius 1 is 1.23 bits per heavy atom. The van der Waals surface area contributed by atoms with Gasteiger partial charge in [-0.25, -0.2) is 8.42 Å². The SMILES string of the molecule is Cc1ccc(S(=O)(=O)N2CCCC2c2ccncc2)cc1Cl. The fraction of sp³-hybridized carbons (Fsp3) is 0.312. The standard InChI is InChI=1S/C16H17ClN2O2S/c1-12-4-5-14(11-15(12)17)22(20,21)19-10-2-3-16(19)13-6-8-18-9-7-13/h4-9,11,16H,2-3,10H2,1H3. The zero-order valence-electron chi connectivity index (χ0n) is 12.2. The van der Waals surface area contributed by atoms with Crippen LogP contribution in [0.2, 0.25) is 5.02 Å². The number of sulfonamides is 1. The van der Waals surface area contributed by atoms with Crippen LogP contribution < -0.4 is 0 Å². The van der Waals surface area contributed by atoms with Crippen molar-refractivity contribution in [2.75, 3.05) is 6.54 Å². The number of pyridine rings is 1. The Kier molecular flexibility index (Phi) is 4.21. The van der Waals surface area contributed by atoms with Gasteiger partial charge in [-0.15, -0.1) is 0 Å². The van der Waals surface area contributed by atoms with E-state index in [1.165, 1.54) is 6.07 Å². The minimum atomic E-state index is -3.55. The lowest BCUT2D eigenvalue weighted by atomic mass is 10.1. The van der Waals surface area contributed by atoms with Gasteiger partial charge in [0.05, 0.1) is 10.9 Å². The number of aryl methyl sites for hydroxylation is 1. The molecule has 1 saturated heterocycles.